The van der Waals surface area contributed by atoms with Crippen molar-refractivity contribution in [2.24, 2.45) is 0 Å². The lowest BCUT2D eigenvalue weighted by molar-refractivity contribution is 0.0628. The maximum absolute atomic E-state index is 13.2. The summed E-state index contributed by atoms with van der Waals surface area (Å²) in [6.45, 7) is 13.0. The van der Waals surface area contributed by atoms with Crippen LogP contribution in [0.4, 0.5) is 0 Å². The summed E-state index contributed by atoms with van der Waals surface area (Å²) in [5.74, 6) is 0.101. The molecule has 5 rings (SSSR count). The first-order valence-electron chi connectivity index (χ1n) is 12.7. The molecule has 2 aromatic carbocycles. The molecule has 192 valence electrons. The Balaban J connectivity index is 1.18. The molecule has 1 aliphatic heterocycles. The molecular formula is C29H33BrN6O. The van der Waals surface area contributed by atoms with Gasteiger partial charge in [0.25, 0.3) is 5.91 Å². The minimum atomic E-state index is 0.101. The van der Waals surface area contributed by atoms with Crippen molar-refractivity contribution in [2.45, 2.75) is 40.8 Å². The molecule has 7 nitrogen and oxygen atoms in total. The Morgan fingerprint density at radius 3 is 2.11 bits per heavy atom. The van der Waals surface area contributed by atoms with Crippen LogP contribution in [0.1, 0.15) is 44.3 Å². The van der Waals surface area contributed by atoms with Crippen LogP contribution < -0.4 is 0 Å². The molecule has 0 N–H and O–H groups in total. The average Bonchev–Trinajstić information content (AvgIpc) is 3.34. The molecule has 0 spiro atoms. The first-order chi connectivity index (χ1) is 17.8. The van der Waals surface area contributed by atoms with E-state index in [1.807, 2.05) is 63.7 Å². The molecule has 0 bridgehead atoms. The number of rotatable bonds is 6. The number of amides is 1. The van der Waals surface area contributed by atoms with Crippen molar-refractivity contribution in [3.63, 3.8) is 0 Å². The number of halogens is 1. The van der Waals surface area contributed by atoms with E-state index in [0.29, 0.717) is 6.54 Å². The number of piperazine rings is 1. The SMILES string of the molecule is Cc1nn(Cc2ccc(C(=O)N3CCN(Cc4c(C)nn(-c5ccccc5)c4C)CC3)cc2)c(C)c1Br. The highest BCUT2D eigenvalue weighted by atomic mass is 79.9. The summed E-state index contributed by atoms with van der Waals surface area (Å²) in [7, 11) is 0. The Labute approximate surface area is 226 Å². The topological polar surface area (TPSA) is 59.2 Å². The third kappa shape index (κ3) is 5.26. The van der Waals surface area contributed by atoms with Crippen LogP contribution in [0.2, 0.25) is 0 Å². The summed E-state index contributed by atoms with van der Waals surface area (Å²) < 4.78 is 5.07. The Morgan fingerprint density at radius 2 is 1.49 bits per heavy atom. The Kier molecular flexibility index (Phi) is 7.31. The highest BCUT2D eigenvalue weighted by Gasteiger charge is 2.24. The zero-order valence-corrected chi connectivity index (χ0v) is 23.5. The minimum absolute atomic E-state index is 0.101. The van der Waals surface area contributed by atoms with E-state index in [-0.39, 0.29) is 5.91 Å². The van der Waals surface area contributed by atoms with Gasteiger partial charge in [0.1, 0.15) is 0 Å². The number of nitrogens with zero attached hydrogens (tertiary/aromatic N) is 6. The molecule has 2 aromatic heterocycles. The maximum Gasteiger partial charge on any atom is 0.253 e. The summed E-state index contributed by atoms with van der Waals surface area (Å²) in [6, 6.07) is 18.2. The van der Waals surface area contributed by atoms with Gasteiger partial charge in [-0.05, 0) is 73.5 Å². The molecule has 1 saturated heterocycles. The van der Waals surface area contributed by atoms with Crippen molar-refractivity contribution in [1.29, 1.82) is 0 Å². The van der Waals surface area contributed by atoms with Gasteiger partial charge in [0.15, 0.2) is 0 Å². The second-order valence-electron chi connectivity index (χ2n) is 9.80. The van der Waals surface area contributed by atoms with Crippen LogP contribution in [-0.4, -0.2) is 61.4 Å². The summed E-state index contributed by atoms with van der Waals surface area (Å²) in [5.41, 5.74) is 8.55. The number of para-hydroxylation sites is 1. The number of carbonyl (C=O) groups excluding carboxylic acids is 1. The summed E-state index contributed by atoms with van der Waals surface area (Å²) in [5, 5.41) is 9.38. The van der Waals surface area contributed by atoms with Gasteiger partial charge in [0, 0.05) is 49.5 Å². The van der Waals surface area contributed by atoms with Gasteiger partial charge >= 0.3 is 0 Å². The van der Waals surface area contributed by atoms with Gasteiger partial charge in [-0.1, -0.05) is 30.3 Å². The fraction of sp³-hybridized carbons (Fsp3) is 0.345. The lowest BCUT2D eigenvalue weighted by Crippen LogP contribution is -2.48. The number of aromatic nitrogens is 4. The largest absolute Gasteiger partial charge is 0.336 e. The number of aryl methyl sites for hydroxylation is 2. The summed E-state index contributed by atoms with van der Waals surface area (Å²) >= 11 is 3.59. The molecule has 0 aliphatic carbocycles. The molecule has 0 radical (unpaired) electrons. The second-order valence-corrected chi connectivity index (χ2v) is 10.6. The lowest BCUT2D eigenvalue weighted by atomic mass is 10.1. The normalized spacial score (nSPS) is 14.4. The Bertz CT molecular complexity index is 1400. The molecular weight excluding hydrogens is 528 g/mol. The molecule has 0 atom stereocenters. The molecule has 1 amide bonds. The summed E-state index contributed by atoms with van der Waals surface area (Å²) in [4.78, 5) is 17.6. The quantitative estimate of drug-likeness (QED) is 0.330. The molecule has 4 aromatic rings. The number of hydrogen-bond donors (Lipinski definition) is 0. The predicted octanol–water partition coefficient (Wildman–Crippen LogP) is 5.07. The second kappa shape index (κ2) is 10.6. The van der Waals surface area contributed by atoms with Gasteiger partial charge in [-0.15, -0.1) is 0 Å². The smallest absolute Gasteiger partial charge is 0.253 e. The van der Waals surface area contributed by atoms with Gasteiger partial charge < -0.3 is 4.90 Å². The molecule has 0 saturated carbocycles. The first kappa shape index (κ1) is 25.4. The number of benzene rings is 2. The van der Waals surface area contributed by atoms with E-state index in [2.05, 4.69) is 58.8 Å². The molecule has 3 heterocycles. The van der Waals surface area contributed by atoms with E-state index < -0.39 is 0 Å². The van der Waals surface area contributed by atoms with E-state index in [9.17, 15) is 4.79 Å². The monoisotopic (exact) mass is 560 g/mol. The van der Waals surface area contributed by atoms with Crippen molar-refractivity contribution in [1.82, 2.24) is 29.4 Å². The van der Waals surface area contributed by atoms with Gasteiger partial charge in [0.05, 0.1) is 33.8 Å². The fourth-order valence-electron chi connectivity index (χ4n) is 4.99. The van der Waals surface area contributed by atoms with Crippen LogP contribution in [0.5, 0.6) is 0 Å². The fourth-order valence-corrected chi connectivity index (χ4v) is 5.28. The Hall–Kier alpha value is -3.23. The minimum Gasteiger partial charge on any atom is -0.336 e. The van der Waals surface area contributed by atoms with E-state index in [1.54, 1.807) is 0 Å². The van der Waals surface area contributed by atoms with Crippen LogP contribution in [0, 0.1) is 27.7 Å². The van der Waals surface area contributed by atoms with Crippen molar-refractivity contribution < 1.29 is 4.79 Å². The average molecular weight is 562 g/mol. The molecule has 8 heteroatoms. The van der Waals surface area contributed by atoms with Gasteiger partial charge in [0.2, 0.25) is 0 Å². The van der Waals surface area contributed by atoms with Crippen LogP contribution >= 0.6 is 15.9 Å². The van der Waals surface area contributed by atoms with Crippen molar-refractivity contribution >= 4 is 21.8 Å². The zero-order valence-electron chi connectivity index (χ0n) is 21.9. The lowest BCUT2D eigenvalue weighted by Gasteiger charge is -2.34. The van der Waals surface area contributed by atoms with E-state index >= 15 is 0 Å². The van der Waals surface area contributed by atoms with Crippen LogP contribution in [-0.2, 0) is 13.1 Å². The van der Waals surface area contributed by atoms with Crippen LogP contribution in [0.15, 0.2) is 59.1 Å². The van der Waals surface area contributed by atoms with Gasteiger partial charge in [-0.2, -0.15) is 10.2 Å². The number of hydrogen-bond acceptors (Lipinski definition) is 4. The first-order valence-corrected chi connectivity index (χ1v) is 13.5. The highest BCUT2D eigenvalue weighted by Crippen LogP contribution is 2.22. The van der Waals surface area contributed by atoms with Gasteiger partial charge in [-0.3, -0.25) is 14.4 Å². The van der Waals surface area contributed by atoms with E-state index in [1.165, 1.54) is 11.3 Å². The standard InChI is InChI=1S/C29H33BrN6O/c1-20-27(22(3)36(32-20)26-8-6-5-7-9-26)19-33-14-16-34(17-15-33)29(37)25-12-10-24(11-13-25)18-35-23(4)28(30)21(2)31-35/h5-13H,14-19H2,1-4H3. The van der Waals surface area contributed by atoms with Crippen LogP contribution in [0.25, 0.3) is 5.69 Å². The molecule has 37 heavy (non-hydrogen) atoms. The number of carbonyl (C=O) groups is 1. The predicted molar refractivity (Wildman–Crippen MR) is 149 cm³/mol. The summed E-state index contributed by atoms with van der Waals surface area (Å²) in [6.07, 6.45) is 0. The third-order valence-electron chi connectivity index (χ3n) is 7.31. The molecule has 1 fully saturated rings. The van der Waals surface area contributed by atoms with Crippen molar-refractivity contribution in [3.8, 4) is 5.69 Å². The van der Waals surface area contributed by atoms with E-state index in [4.69, 9.17) is 5.10 Å². The van der Waals surface area contributed by atoms with Gasteiger partial charge in [-0.25, -0.2) is 4.68 Å². The van der Waals surface area contributed by atoms with E-state index in [0.717, 1.165) is 71.1 Å². The zero-order chi connectivity index (χ0) is 26.1. The molecule has 0 unspecified atom stereocenters. The highest BCUT2D eigenvalue weighted by molar-refractivity contribution is 9.10. The third-order valence-corrected chi connectivity index (χ3v) is 8.46. The van der Waals surface area contributed by atoms with Crippen molar-refractivity contribution in [3.05, 3.63) is 98.5 Å². The van der Waals surface area contributed by atoms with Crippen molar-refractivity contribution in [2.75, 3.05) is 26.2 Å². The maximum atomic E-state index is 13.2. The Morgan fingerprint density at radius 1 is 0.811 bits per heavy atom. The molecule has 1 aliphatic rings. The van der Waals surface area contributed by atoms with Crippen LogP contribution in [0.3, 0.4) is 0 Å².